The molecule has 0 saturated heterocycles. The number of carbonyl (C=O) groups is 2. The van der Waals surface area contributed by atoms with Crippen molar-refractivity contribution >= 4 is 28.8 Å². The lowest BCUT2D eigenvalue weighted by molar-refractivity contribution is -0.119. The molecule has 0 unspecified atom stereocenters. The molecule has 0 atom stereocenters. The summed E-state index contributed by atoms with van der Waals surface area (Å²) in [6.45, 7) is 0.338. The molecule has 2 amide bonds. The Morgan fingerprint density at radius 2 is 1.96 bits per heavy atom. The molecular formula is C17H15N3O3S. The minimum absolute atomic E-state index is 0.0879. The number of amides is 2. The van der Waals surface area contributed by atoms with Crippen LogP contribution in [0.1, 0.15) is 15.4 Å². The minimum atomic E-state index is -0.412. The molecule has 0 bridgehead atoms. The summed E-state index contributed by atoms with van der Waals surface area (Å²) >= 11 is 1.57. The smallest absolute Gasteiger partial charge is 0.297 e. The number of carbonyl (C=O) groups excluding carboxylic acids is 2. The summed E-state index contributed by atoms with van der Waals surface area (Å²) in [4.78, 5) is 27.3. The predicted molar refractivity (Wildman–Crippen MR) is 90.8 cm³/mol. The molecule has 3 rings (SSSR count). The van der Waals surface area contributed by atoms with Crippen molar-refractivity contribution in [2.24, 2.45) is 0 Å². The van der Waals surface area contributed by atoms with E-state index in [4.69, 9.17) is 4.52 Å². The molecule has 0 fully saturated rings. The summed E-state index contributed by atoms with van der Waals surface area (Å²) in [5, 5.41) is 8.31. The fourth-order valence-corrected chi connectivity index (χ4v) is 2.79. The van der Waals surface area contributed by atoms with Crippen LogP contribution in [0.5, 0.6) is 0 Å². The predicted octanol–water partition coefficient (Wildman–Crippen LogP) is 2.70. The van der Waals surface area contributed by atoms with Gasteiger partial charge >= 0.3 is 0 Å². The second-order valence-electron chi connectivity index (χ2n) is 4.96. The van der Waals surface area contributed by atoms with E-state index in [1.807, 2.05) is 23.6 Å². The van der Waals surface area contributed by atoms with E-state index >= 15 is 0 Å². The van der Waals surface area contributed by atoms with Crippen molar-refractivity contribution in [1.82, 2.24) is 10.5 Å². The van der Waals surface area contributed by atoms with Crippen LogP contribution in [-0.4, -0.2) is 23.5 Å². The van der Waals surface area contributed by atoms with Gasteiger partial charge in [0.05, 0.1) is 12.7 Å². The zero-order chi connectivity index (χ0) is 16.8. The number of nitrogens with one attached hydrogen (secondary N) is 1. The molecule has 122 valence electrons. The Balaban J connectivity index is 1.72. The number of anilines is 1. The van der Waals surface area contributed by atoms with E-state index in [0.29, 0.717) is 12.2 Å². The molecule has 1 N–H and O–H groups in total. The van der Waals surface area contributed by atoms with Gasteiger partial charge in [-0.2, -0.15) is 0 Å². The summed E-state index contributed by atoms with van der Waals surface area (Å²) < 4.78 is 4.93. The van der Waals surface area contributed by atoms with Gasteiger partial charge in [-0.25, -0.2) is 0 Å². The first kappa shape index (κ1) is 15.9. The number of hydrogen-bond acceptors (Lipinski definition) is 5. The van der Waals surface area contributed by atoms with Gasteiger partial charge in [0.15, 0.2) is 0 Å². The fraction of sp³-hybridized carbons (Fsp3) is 0.118. The van der Waals surface area contributed by atoms with E-state index < -0.39 is 5.91 Å². The van der Waals surface area contributed by atoms with Crippen LogP contribution in [0, 0.1) is 0 Å². The van der Waals surface area contributed by atoms with Gasteiger partial charge in [0, 0.05) is 16.6 Å². The average molecular weight is 341 g/mol. The number of rotatable bonds is 6. The van der Waals surface area contributed by atoms with Crippen molar-refractivity contribution < 1.29 is 14.1 Å². The molecule has 0 spiro atoms. The Labute approximate surface area is 142 Å². The molecule has 6 nitrogen and oxygen atoms in total. The van der Waals surface area contributed by atoms with E-state index in [1.165, 1.54) is 17.2 Å². The first-order chi connectivity index (χ1) is 11.7. The van der Waals surface area contributed by atoms with Crippen molar-refractivity contribution in [1.29, 1.82) is 0 Å². The molecule has 1 aromatic carbocycles. The molecule has 0 saturated carbocycles. The van der Waals surface area contributed by atoms with E-state index in [-0.39, 0.29) is 18.2 Å². The van der Waals surface area contributed by atoms with Crippen molar-refractivity contribution in [3.63, 3.8) is 0 Å². The van der Waals surface area contributed by atoms with Crippen molar-refractivity contribution in [2.45, 2.75) is 6.54 Å². The van der Waals surface area contributed by atoms with Gasteiger partial charge in [-0.3, -0.25) is 14.5 Å². The Morgan fingerprint density at radius 1 is 1.12 bits per heavy atom. The van der Waals surface area contributed by atoms with Crippen LogP contribution in [0.2, 0.25) is 0 Å². The quantitative estimate of drug-likeness (QED) is 0.748. The monoisotopic (exact) mass is 341 g/mol. The molecule has 24 heavy (non-hydrogen) atoms. The lowest BCUT2D eigenvalue weighted by Crippen LogP contribution is -2.40. The largest absolute Gasteiger partial charge is 0.351 e. The first-order valence-corrected chi connectivity index (χ1v) is 8.18. The maximum atomic E-state index is 12.6. The highest BCUT2D eigenvalue weighted by Gasteiger charge is 2.23. The average Bonchev–Trinajstić information content (AvgIpc) is 3.31. The number of para-hydroxylation sites is 1. The third kappa shape index (κ3) is 3.88. The zero-order valence-corrected chi connectivity index (χ0v) is 13.5. The third-order valence-corrected chi connectivity index (χ3v) is 4.18. The number of aromatic nitrogens is 1. The summed E-state index contributed by atoms with van der Waals surface area (Å²) in [5.74, 6) is -0.574. The van der Waals surface area contributed by atoms with Crippen LogP contribution in [0.25, 0.3) is 0 Å². The highest BCUT2D eigenvalue weighted by atomic mass is 32.1. The van der Waals surface area contributed by atoms with Crippen LogP contribution in [-0.2, 0) is 11.3 Å². The summed E-state index contributed by atoms with van der Waals surface area (Å²) in [5.41, 5.74) is 0.616. The number of thiophene rings is 1. The third-order valence-electron chi connectivity index (χ3n) is 3.30. The van der Waals surface area contributed by atoms with Gasteiger partial charge in [-0.1, -0.05) is 29.4 Å². The van der Waals surface area contributed by atoms with Gasteiger partial charge < -0.3 is 9.84 Å². The normalized spacial score (nSPS) is 10.3. The van der Waals surface area contributed by atoms with E-state index in [2.05, 4.69) is 10.5 Å². The minimum Gasteiger partial charge on any atom is -0.351 e. The molecule has 3 aromatic rings. The Kier molecular flexibility index (Phi) is 5.02. The highest BCUT2D eigenvalue weighted by Crippen LogP contribution is 2.16. The summed E-state index contributed by atoms with van der Waals surface area (Å²) in [7, 11) is 0. The molecule has 2 aromatic heterocycles. The Hall–Kier alpha value is -2.93. The van der Waals surface area contributed by atoms with Crippen molar-refractivity contribution in [3.05, 3.63) is 70.7 Å². The van der Waals surface area contributed by atoms with Crippen LogP contribution in [0.4, 0.5) is 5.69 Å². The standard InChI is InChI=1S/C17H15N3O3S/c21-16(18-11-14-7-4-10-24-14)12-20(13-5-2-1-3-6-13)17(22)15-8-9-19-23-15/h1-10H,11-12H2,(H,18,21). The van der Waals surface area contributed by atoms with Gasteiger partial charge in [0.25, 0.3) is 5.91 Å². The van der Waals surface area contributed by atoms with Crippen LogP contribution >= 0.6 is 11.3 Å². The summed E-state index contributed by atoms with van der Waals surface area (Å²) in [6, 6.07) is 14.3. The topological polar surface area (TPSA) is 75.4 Å². The fourth-order valence-electron chi connectivity index (χ4n) is 2.15. The second-order valence-corrected chi connectivity index (χ2v) is 5.99. The van der Waals surface area contributed by atoms with Crippen molar-refractivity contribution in [3.8, 4) is 0 Å². The first-order valence-electron chi connectivity index (χ1n) is 7.31. The molecule has 0 radical (unpaired) electrons. The van der Waals surface area contributed by atoms with Gasteiger partial charge in [-0.15, -0.1) is 11.3 Å². The lowest BCUT2D eigenvalue weighted by atomic mass is 10.2. The van der Waals surface area contributed by atoms with E-state index in [1.54, 1.807) is 35.6 Å². The SMILES string of the molecule is O=C(CN(C(=O)c1ccno1)c1ccccc1)NCc1cccs1. The molecular weight excluding hydrogens is 326 g/mol. The van der Waals surface area contributed by atoms with Crippen LogP contribution in [0.3, 0.4) is 0 Å². The number of benzene rings is 1. The molecule has 7 heteroatoms. The highest BCUT2D eigenvalue weighted by molar-refractivity contribution is 7.09. The molecule has 0 aliphatic carbocycles. The van der Waals surface area contributed by atoms with Crippen molar-refractivity contribution in [2.75, 3.05) is 11.4 Å². The number of hydrogen-bond donors (Lipinski definition) is 1. The van der Waals surface area contributed by atoms with Gasteiger partial charge in [0.1, 0.15) is 6.54 Å². The molecule has 0 aliphatic heterocycles. The number of nitrogens with zero attached hydrogens (tertiary/aromatic N) is 2. The zero-order valence-electron chi connectivity index (χ0n) is 12.7. The Morgan fingerprint density at radius 3 is 2.62 bits per heavy atom. The van der Waals surface area contributed by atoms with E-state index in [0.717, 1.165) is 4.88 Å². The maximum absolute atomic E-state index is 12.6. The second kappa shape index (κ2) is 7.56. The van der Waals surface area contributed by atoms with Crippen LogP contribution in [0.15, 0.2) is 64.6 Å². The van der Waals surface area contributed by atoms with Gasteiger partial charge in [0.2, 0.25) is 11.7 Å². The summed E-state index contributed by atoms with van der Waals surface area (Å²) in [6.07, 6.45) is 1.40. The molecule has 2 heterocycles. The van der Waals surface area contributed by atoms with Gasteiger partial charge in [-0.05, 0) is 23.6 Å². The van der Waals surface area contributed by atoms with Crippen LogP contribution < -0.4 is 10.2 Å². The maximum Gasteiger partial charge on any atom is 0.297 e. The lowest BCUT2D eigenvalue weighted by Gasteiger charge is -2.21. The Bertz CT molecular complexity index is 786. The molecule has 0 aliphatic rings. The van der Waals surface area contributed by atoms with E-state index in [9.17, 15) is 9.59 Å².